The molecule has 0 aliphatic carbocycles. The zero-order valence-corrected chi connectivity index (χ0v) is 7.39. The van der Waals surface area contributed by atoms with Gasteiger partial charge in [0.1, 0.15) is 5.75 Å². The van der Waals surface area contributed by atoms with E-state index in [1.54, 1.807) is 13.0 Å². The number of rotatable bonds is 2. The summed E-state index contributed by atoms with van der Waals surface area (Å²) in [5.74, 6) is 0.0434. The average Bonchev–Trinajstić information content (AvgIpc) is 2.01. The maximum Gasteiger partial charge on any atom is 0.134 e. The van der Waals surface area contributed by atoms with Crippen LogP contribution < -0.4 is 5.48 Å². The number of aromatic hydroxyl groups is 1. The molecular formula is C8H10ClNO2. The molecule has 3 N–H and O–H groups in total. The maximum absolute atomic E-state index is 9.27. The standard InChI is InChI=1S/C8H10ClNO2/c1-5-2-6(4-10-12)3-7(11)8(5)9/h2-3,10-12H,4H2,1H3. The molecule has 0 unspecified atom stereocenters. The minimum atomic E-state index is 0.0434. The molecule has 12 heavy (non-hydrogen) atoms. The van der Waals surface area contributed by atoms with Crippen LogP contribution >= 0.6 is 11.6 Å². The van der Waals surface area contributed by atoms with Crippen molar-refractivity contribution < 1.29 is 10.3 Å². The molecule has 0 aliphatic heterocycles. The van der Waals surface area contributed by atoms with E-state index in [4.69, 9.17) is 16.8 Å². The van der Waals surface area contributed by atoms with E-state index in [9.17, 15) is 5.11 Å². The highest BCUT2D eigenvalue weighted by molar-refractivity contribution is 6.32. The number of halogens is 1. The average molecular weight is 188 g/mol. The molecular weight excluding hydrogens is 178 g/mol. The van der Waals surface area contributed by atoms with E-state index >= 15 is 0 Å². The molecule has 1 aromatic rings. The fraction of sp³-hybridized carbons (Fsp3) is 0.250. The number of aryl methyl sites for hydroxylation is 1. The molecule has 0 heterocycles. The Morgan fingerprint density at radius 1 is 1.50 bits per heavy atom. The summed E-state index contributed by atoms with van der Waals surface area (Å²) in [4.78, 5) is 0. The lowest BCUT2D eigenvalue weighted by Gasteiger charge is -2.04. The molecule has 0 radical (unpaired) electrons. The third-order valence-corrected chi connectivity index (χ3v) is 2.07. The van der Waals surface area contributed by atoms with Gasteiger partial charge in [-0.1, -0.05) is 17.7 Å². The predicted octanol–water partition coefficient (Wildman–Crippen LogP) is 1.83. The van der Waals surface area contributed by atoms with Crippen LogP contribution in [0.15, 0.2) is 12.1 Å². The minimum absolute atomic E-state index is 0.0434. The van der Waals surface area contributed by atoms with Crippen molar-refractivity contribution in [2.24, 2.45) is 0 Å². The lowest BCUT2D eigenvalue weighted by Crippen LogP contribution is -2.06. The molecule has 0 bridgehead atoms. The number of hydrogen-bond donors (Lipinski definition) is 3. The van der Waals surface area contributed by atoms with Gasteiger partial charge in [0.05, 0.1) is 5.02 Å². The Labute approximate surface area is 75.6 Å². The monoisotopic (exact) mass is 187 g/mol. The molecule has 4 heteroatoms. The van der Waals surface area contributed by atoms with Crippen LogP contribution in [-0.2, 0) is 6.54 Å². The van der Waals surface area contributed by atoms with Gasteiger partial charge in [0.25, 0.3) is 0 Å². The summed E-state index contributed by atoms with van der Waals surface area (Å²) in [6.45, 7) is 2.09. The minimum Gasteiger partial charge on any atom is -0.506 e. The summed E-state index contributed by atoms with van der Waals surface area (Å²) >= 11 is 5.72. The summed E-state index contributed by atoms with van der Waals surface area (Å²) in [5.41, 5.74) is 3.59. The number of phenols is 1. The fourth-order valence-electron chi connectivity index (χ4n) is 1.02. The van der Waals surface area contributed by atoms with Gasteiger partial charge in [-0.25, -0.2) is 5.48 Å². The number of benzene rings is 1. The van der Waals surface area contributed by atoms with Gasteiger partial charge in [0, 0.05) is 6.54 Å². The van der Waals surface area contributed by atoms with Crippen LogP contribution in [-0.4, -0.2) is 10.3 Å². The summed E-state index contributed by atoms with van der Waals surface area (Å²) in [5, 5.41) is 18.0. The van der Waals surface area contributed by atoms with Crippen molar-refractivity contribution in [1.82, 2.24) is 5.48 Å². The van der Waals surface area contributed by atoms with Crippen LogP contribution in [0.3, 0.4) is 0 Å². The van der Waals surface area contributed by atoms with E-state index in [-0.39, 0.29) is 5.75 Å². The van der Waals surface area contributed by atoms with Gasteiger partial charge in [-0.3, -0.25) is 0 Å². The van der Waals surface area contributed by atoms with E-state index in [0.717, 1.165) is 11.1 Å². The summed E-state index contributed by atoms with van der Waals surface area (Å²) < 4.78 is 0. The normalized spacial score (nSPS) is 10.2. The quantitative estimate of drug-likeness (QED) is 0.620. The molecule has 0 atom stereocenters. The Hall–Kier alpha value is -0.770. The maximum atomic E-state index is 9.27. The first kappa shape index (κ1) is 9.32. The number of nitrogens with one attached hydrogen (secondary N) is 1. The highest BCUT2D eigenvalue weighted by Crippen LogP contribution is 2.27. The van der Waals surface area contributed by atoms with Gasteiger partial charge in [-0.2, -0.15) is 0 Å². The van der Waals surface area contributed by atoms with E-state index in [1.165, 1.54) is 6.07 Å². The predicted molar refractivity (Wildman–Crippen MR) is 46.5 cm³/mol. The Morgan fingerprint density at radius 3 is 2.67 bits per heavy atom. The van der Waals surface area contributed by atoms with Gasteiger partial charge in [0.2, 0.25) is 0 Å². The van der Waals surface area contributed by atoms with E-state index < -0.39 is 0 Å². The molecule has 0 aromatic heterocycles. The summed E-state index contributed by atoms with van der Waals surface area (Å²) in [6.07, 6.45) is 0. The first-order valence-electron chi connectivity index (χ1n) is 3.50. The van der Waals surface area contributed by atoms with Crippen molar-refractivity contribution in [3.8, 4) is 5.75 Å². The number of hydroxylamine groups is 1. The smallest absolute Gasteiger partial charge is 0.134 e. The largest absolute Gasteiger partial charge is 0.506 e. The van der Waals surface area contributed by atoms with Crippen molar-refractivity contribution in [3.63, 3.8) is 0 Å². The second-order valence-electron chi connectivity index (χ2n) is 2.58. The molecule has 1 aromatic carbocycles. The van der Waals surface area contributed by atoms with Crippen molar-refractivity contribution in [2.75, 3.05) is 0 Å². The lowest BCUT2D eigenvalue weighted by atomic mass is 10.1. The molecule has 0 saturated heterocycles. The molecule has 0 amide bonds. The zero-order chi connectivity index (χ0) is 9.14. The van der Waals surface area contributed by atoms with Crippen molar-refractivity contribution >= 4 is 11.6 Å². The molecule has 3 nitrogen and oxygen atoms in total. The van der Waals surface area contributed by atoms with Crippen LogP contribution in [0.25, 0.3) is 0 Å². The number of hydrogen-bond acceptors (Lipinski definition) is 3. The van der Waals surface area contributed by atoms with E-state index in [2.05, 4.69) is 0 Å². The molecule has 0 saturated carbocycles. The van der Waals surface area contributed by atoms with Crippen LogP contribution in [0.1, 0.15) is 11.1 Å². The Bertz CT molecular complexity index is 265. The third kappa shape index (κ3) is 1.88. The first-order chi connectivity index (χ1) is 5.65. The zero-order valence-electron chi connectivity index (χ0n) is 6.63. The van der Waals surface area contributed by atoms with Crippen molar-refractivity contribution in [2.45, 2.75) is 13.5 Å². The SMILES string of the molecule is Cc1cc(CNO)cc(O)c1Cl. The van der Waals surface area contributed by atoms with Gasteiger partial charge < -0.3 is 10.3 Å². The van der Waals surface area contributed by atoms with Crippen LogP contribution in [0.2, 0.25) is 5.02 Å². The second kappa shape index (κ2) is 3.76. The molecule has 0 fully saturated rings. The fourth-order valence-corrected chi connectivity index (χ4v) is 1.13. The Balaban J connectivity index is 3.04. The first-order valence-corrected chi connectivity index (χ1v) is 3.88. The molecule has 0 spiro atoms. The van der Waals surface area contributed by atoms with Crippen LogP contribution in [0.4, 0.5) is 0 Å². The highest BCUT2D eigenvalue weighted by atomic mass is 35.5. The second-order valence-corrected chi connectivity index (χ2v) is 2.96. The van der Waals surface area contributed by atoms with Gasteiger partial charge >= 0.3 is 0 Å². The highest BCUT2D eigenvalue weighted by Gasteiger charge is 2.03. The van der Waals surface area contributed by atoms with Crippen molar-refractivity contribution in [1.29, 1.82) is 0 Å². The number of phenolic OH excluding ortho intramolecular Hbond substituents is 1. The lowest BCUT2D eigenvalue weighted by molar-refractivity contribution is 0.161. The Kier molecular flexibility index (Phi) is 2.92. The van der Waals surface area contributed by atoms with E-state index in [1.807, 2.05) is 5.48 Å². The molecule has 66 valence electrons. The summed E-state index contributed by atoms with van der Waals surface area (Å²) in [7, 11) is 0. The van der Waals surface area contributed by atoms with Crippen LogP contribution in [0.5, 0.6) is 5.75 Å². The van der Waals surface area contributed by atoms with Gasteiger partial charge in [-0.05, 0) is 24.1 Å². The van der Waals surface area contributed by atoms with Gasteiger partial charge in [0.15, 0.2) is 0 Å². The topological polar surface area (TPSA) is 52.5 Å². The third-order valence-electron chi connectivity index (χ3n) is 1.58. The van der Waals surface area contributed by atoms with Crippen LogP contribution in [0, 0.1) is 6.92 Å². The van der Waals surface area contributed by atoms with Crippen molar-refractivity contribution in [3.05, 3.63) is 28.3 Å². The molecule has 1 rings (SSSR count). The summed E-state index contributed by atoms with van der Waals surface area (Å²) in [6, 6.07) is 3.31. The molecule has 0 aliphatic rings. The Morgan fingerprint density at radius 2 is 2.17 bits per heavy atom. The van der Waals surface area contributed by atoms with E-state index in [0.29, 0.717) is 11.6 Å². The van der Waals surface area contributed by atoms with Gasteiger partial charge in [-0.15, -0.1) is 0 Å².